The molecule has 0 spiro atoms. The van der Waals surface area contributed by atoms with Gasteiger partial charge in [0.15, 0.2) is 0 Å². The van der Waals surface area contributed by atoms with Gasteiger partial charge in [-0.15, -0.1) is 11.3 Å². The maximum Gasteiger partial charge on any atom is 0.322 e. The molecule has 0 fully saturated rings. The number of aliphatic carboxylic acids is 1. The zero-order valence-corrected chi connectivity index (χ0v) is 9.43. The Bertz CT molecular complexity index is 372. The van der Waals surface area contributed by atoms with Crippen LogP contribution < -0.4 is 5.32 Å². The van der Waals surface area contributed by atoms with Crippen molar-refractivity contribution in [3.05, 3.63) is 21.9 Å². The number of amides is 1. The van der Waals surface area contributed by atoms with Crippen molar-refractivity contribution in [3.8, 4) is 0 Å². The minimum atomic E-state index is -1.03. The number of carbonyl (C=O) groups excluding carboxylic acids is 1. The summed E-state index contributed by atoms with van der Waals surface area (Å²) in [6.45, 7) is 3.41. The van der Waals surface area contributed by atoms with E-state index in [-0.39, 0.29) is 18.4 Å². The number of rotatable bonds is 4. The lowest BCUT2D eigenvalue weighted by molar-refractivity contribution is -0.138. The minimum absolute atomic E-state index is 0.251. The highest BCUT2D eigenvalue weighted by molar-refractivity contribution is 7.12. The monoisotopic (exact) mass is 227 g/mol. The van der Waals surface area contributed by atoms with Crippen LogP contribution in [0.5, 0.6) is 0 Å². The first-order valence-electron chi connectivity index (χ1n) is 4.56. The van der Waals surface area contributed by atoms with Gasteiger partial charge in [-0.1, -0.05) is 0 Å². The average molecular weight is 227 g/mol. The topological polar surface area (TPSA) is 66.4 Å². The van der Waals surface area contributed by atoms with Crippen molar-refractivity contribution in [2.75, 3.05) is 6.54 Å². The Kier molecular flexibility index (Phi) is 3.85. The number of aryl methyl sites for hydroxylation is 1. The van der Waals surface area contributed by atoms with Crippen molar-refractivity contribution >= 4 is 23.2 Å². The van der Waals surface area contributed by atoms with E-state index in [9.17, 15) is 9.59 Å². The van der Waals surface area contributed by atoms with Crippen LogP contribution in [-0.4, -0.2) is 23.5 Å². The summed E-state index contributed by atoms with van der Waals surface area (Å²) in [5.74, 6) is -1.57. The molecule has 1 atom stereocenters. The zero-order chi connectivity index (χ0) is 11.4. The summed E-state index contributed by atoms with van der Waals surface area (Å²) >= 11 is 1.55. The fourth-order valence-corrected chi connectivity index (χ4v) is 2.06. The molecule has 0 aliphatic rings. The number of carboxylic acid groups (broad SMARTS) is 1. The summed E-state index contributed by atoms with van der Waals surface area (Å²) < 4.78 is 0. The van der Waals surface area contributed by atoms with Crippen LogP contribution >= 0.6 is 11.3 Å². The lowest BCUT2D eigenvalue weighted by Crippen LogP contribution is -2.32. The molecule has 0 radical (unpaired) electrons. The molecule has 0 aromatic carbocycles. The average Bonchev–Trinajstić information content (AvgIpc) is 2.60. The van der Waals surface area contributed by atoms with Crippen molar-refractivity contribution in [2.24, 2.45) is 0 Å². The van der Waals surface area contributed by atoms with E-state index in [1.807, 2.05) is 19.1 Å². The van der Waals surface area contributed by atoms with Crippen molar-refractivity contribution in [1.29, 1.82) is 0 Å². The fraction of sp³-hybridized carbons (Fsp3) is 0.400. The number of hydrogen-bond donors (Lipinski definition) is 2. The van der Waals surface area contributed by atoms with E-state index < -0.39 is 5.97 Å². The molecule has 0 aliphatic carbocycles. The normalized spacial score (nSPS) is 12.1. The number of thiophene rings is 1. The SMILES string of the molecule is Cc1ccc(C(C)C(=O)NCC(=O)O)s1. The van der Waals surface area contributed by atoms with E-state index in [1.54, 1.807) is 18.3 Å². The molecule has 0 aliphatic heterocycles. The van der Waals surface area contributed by atoms with Crippen LogP contribution in [0.3, 0.4) is 0 Å². The van der Waals surface area contributed by atoms with Gasteiger partial charge in [0.2, 0.25) is 5.91 Å². The maximum absolute atomic E-state index is 11.5. The highest BCUT2D eigenvalue weighted by Crippen LogP contribution is 2.23. The van der Waals surface area contributed by atoms with Crippen molar-refractivity contribution < 1.29 is 14.7 Å². The smallest absolute Gasteiger partial charge is 0.322 e. The largest absolute Gasteiger partial charge is 0.480 e. The molecule has 1 rings (SSSR count). The standard InChI is InChI=1S/C10H13NO3S/c1-6-3-4-8(15-6)7(2)10(14)11-5-9(12)13/h3-4,7H,5H2,1-2H3,(H,11,14)(H,12,13). The highest BCUT2D eigenvalue weighted by atomic mass is 32.1. The van der Waals surface area contributed by atoms with E-state index in [1.165, 1.54) is 0 Å². The molecule has 1 aromatic heterocycles. The Hall–Kier alpha value is -1.36. The van der Waals surface area contributed by atoms with Gasteiger partial charge in [-0.2, -0.15) is 0 Å². The summed E-state index contributed by atoms with van der Waals surface area (Å²) in [5.41, 5.74) is 0. The molecular formula is C10H13NO3S. The molecule has 5 heteroatoms. The maximum atomic E-state index is 11.5. The zero-order valence-electron chi connectivity index (χ0n) is 8.61. The number of nitrogens with one attached hydrogen (secondary N) is 1. The van der Waals surface area contributed by atoms with Gasteiger partial charge in [-0.05, 0) is 26.0 Å². The van der Waals surface area contributed by atoms with Gasteiger partial charge in [-0.25, -0.2) is 0 Å². The lowest BCUT2D eigenvalue weighted by Gasteiger charge is -2.08. The van der Waals surface area contributed by atoms with E-state index >= 15 is 0 Å². The summed E-state index contributed by atoms with van der Waals surface area (Å²) in [6, 6.07) is 3.84. The van der Waals surface area contributed by atoms with Crippen LogP contribution in [0.15, 0.2) is 12.1 Å². The second kappa shape index (κ2) is 4.93. The molecule has 1 unspecified atom stereocenters. The Labute approximate surface area is 91.9 Å². The first kappa shape index (κ1) is 11.7. The lowest BCUT2D eigenvalue weighted by atomic mass is 10.1. The third kappa shape index (κ3) is 3.36. The molecule has 0 bridgehead atoms. The highest BCUT2D eigenvalue weighted by Gasteiger charge is 2.16. The van der Waals surface area contributed by atoms with Crippen LogP contribution in [0.4, 0.5) is 0 Å². The van der Waals surface area contributed by atoms with Crippen molar-refractivity contribution in [3.63, 3.8) is 0 Å². The minimum Gasteiger partial charge on any atom is -0.480 e. The first-order valence-corrected chi connectivity index (χ1v) is 5.38. The summed E-state index contributed by atoms with van der Waals surface area (Å²) in [6.07, 6.45) is 0. The van der Waals surface area contributed by atoms with Gasteiger partial charge in [0.1, 0.15) is 6.54 Å². The Morgan fingerprint density at radius 3 is 2.67 bits per heavy atom. The molecule has 82 valence electrons. The van der Waals surface area contributed by atoms with Crippen LogP contribution in [0, 0.1) is 6.92 Å². The first-order chi connectivity index (χ1) is 7.00. The molecule has 0 saturated carbocycles. The Morgan fingerprint density at radius 2 is 2.20 bits per heavy atom. The summed E-state index contributed by atoms with van der Waals surface area (Å²) in [7, 11) is 0. The van der Waals surface area contributed by atoms with E-state index in [0.717, 1.165) is 9.75 Å². The Balaban J connectivity index is 2.56. The molecule has 1 amide bonds. The molecular weight excluding hydrogens is 214 g/mol. The number of carboxylic acids is 1. The van der Waals surface area contributed by atoms with Gasteiger partial charge in [-0.3, -0.25) is 9.59 Å². The van der Waals surface area contributed by atoms with E-state index in [2.05, 4.69) is 5.32 Å². The third-order valence-electron chi connectivity index (χ3n) is 2.00. The van der Waals surface area contributed by atoms with Gasteiger partial charge >= 0.3 is 5.97 Å². The van der Waals surface area contributed by atoms with Crippen LogP contribution in [0.1, 0.15) is 22.6 Å². The molecule has 2 N–H and O–H groups in total. The molecule has 15 heavy (non-hydrogen) atoms. The molecule has 4 nitrogen and oxygen atoms in total. The van der Waals surface area contributed by atoms with Crippen molar-refractivity contribution in [2.45, 2.75) is 19.8 Å². The molecule has 1 aromatic rings. The molecule has 1 heterocycles. The Morgan fingerprint density at radius 1 is 1.53 bits per heavy atom. The van der Waals surface area contributed by atoms with E-state index in [0.29, 0.717) is 0 Å². The van der Waals surface area contributed by atoms with Gasteiger partial charge in [0.05, 0.1) is 5.92 Å². The predicted octanol–water partition coefficient (Wildman–Crippen LogP) is 1.36. The summed E-state index contributed by atoms with van der Waals surface area (Å²) in [4.78, 5) is 23.8. The van der Waals surface area contributed by atoms with Gasteiger partial charge < -0.3 is 10.4 Å². The number of hydrogen-bond acceptors (Lipinski definition) is 3. The summed E-state index contributed by atoms with van der Waals surface area (Å²) in [5, 5.41) is 10.8. The second-order valence-corrected chi connectivity index (χ2v) is 4.60. The fourth-order valence-electron chi connectivity index (χ4n) is 1.13. The van der Waals surface area contributed by atoms with Gasteiger partial charge in [0.25, 0.3) is 0 Å². The van der Waals surface area contributed by atoms with Crippen LogP contribution in [0.25, 0.3) is 0 Å². The van der Waals surface area contributed by atoms with Crippen molar-refractivity contribution in [1.82, 2.24) is 5.32 Å². The van der Waals surface area contributed by atoms with Gasteiger partial charge in [0, 0.05) is 9.75 Å². The number of carbonyl (C=O) groups is 2. The molecule has 0 saturated heterocycles. The quantitative estimate of drug-likeness (QED) is 0.816. The predicted molar refractivity (Wildman–Crippen MR) is 58.1 cm³/mol. The van der Waals surface area contributed by atoms with Crippen LogP contribution in [0.2, 0.25) is 0 Å². The third-order valence-corrected chi connectivity index (χ3v) is 3.18. The van der Waals surface area contributed by atoms with Crippen LogP contribution in [-0.2, 0) is 9.59 Å². The second-order valence-electron chi connectivity index (χ2n) is 3.28. The van der Waals surface area contributed by atoms with E-state index in [4.69, 9.17) is 5.11 Å².